The van der Waals surface area contributed by atoms with Crippen LogP contribution in [0.15, 0.2) is 65.8 Å². The largest absolute Gasteiger partial charge is 0.497 e. The standard InChI is InChI=1S/C18H14Cl2N2O/c1-23-16-7-5-14(6-8-16)22-10-2-3-15(22)12-21-13-4-9-17(19)18(20)11-13/h2-12H,1H3. The van der Waals surface area contributed by atoms with Crippen LogP contribution in [0.4, 0.5) is 5.69 Å². The summed E-state index contributed by atoms with van der Waals surface area (Å²) >= 11 is 11.9. The van der Waals surface area contributed by atoms with Crippen LogP contribution in [-0.4, -0.2) is 17.9 Å². The Morgan fingerprint density at radius 3 is 2.48 bits per heavy atom. The Balaban J connectivity index is 1.88. The molecule has 1 aromatic heterocycles. The monoisotopic (exact) mass is 344 g/mol. The summed E-state index contributed by atoms with van der Waals surface area (Å²) in [7, 11) is 1.65. The van der Waals surface area contributed by atoms with Gasteiger partial charge in [0.2, 0.25) is 0 Å². The van der Waals surface area contributed by atoms with E-state index in [1.807, 2.05) is 53.2 Å². The summed E-state index contributed by atoms with van der Waals surface area (Å²) in [6.45, 7) is 0. The van der Waals surface area contributed by atoms with E-state index in [1.54, 1.807) is 25.5 Å². The summed E-state index contributed by atoms with van der Waals surface area (Å²) in [6, 6.07) is 17.1. The number of benzene rings is 2. The van der Waals surface area contributed by atoms with Crippen LogP contribution in [0.1, 0.15) is 5.69 Å². The van der Waals surface area contributed by atoms with Gasteiger partial charge in [0.1, 0.15) is 5.75 Å². The molecule has 0 aliphatic heterocycles. The summed E-state index contributed by atoms with van der Waals surface area (Å²) in [5, 5.41) is 1.01. The molecule has 0 spiro atoms. The van der Waals surface area contributed by atoms with Crippen LogP contribution in [0.25, 0.3) is 5.69 Å². The van der Waals surface area contributed by atoms with Crippen molar-refractivity contribution in [3.63, 3.8) is 0 Å². The maximum absolute atomic E-state index is 6.01. The highest BCUT2D eigenvalue weighted by Gasteiger charge is 2.02. The second-order valence-electron chi connectivity index (χ2n) is 4.86. The van der Waals surface area contributed by atoms with Gasteiger partial charge in [-0.2, -0.15) is 0 Å². The molecule has 1 heterocycles. The van der Waals surface area contributed by atoms with Crippen molar-refractivity contribution >= 4 is 35.1 Å². The second-order valence-corrected chi connectivity index (χ2v) is 5.67. The van der Waals surface area contributed by atoms with E-state index in [9.17, 15) is 0 Å². The predicted octanol–water partition coefficient (Wildman–Crippen LogP) is 5.54. The lowest BCUT2D eigenvalue weighted by atomic mass is 10.3. The van der Waals surface area contributed by atoms with E-state index >= 15 is 0 Å². The molecule has 0 saturated carbocycles. The molecule has 0 saturated heterocycles. The quantitative estimate of drug-likeness (QED) is 0.570. The van der Waals surface area contributed by atoms with Crippen molar-refractivity contribution in [3.8, 4) is 11.4 Å². The van der Waals surface area contributed by atoms with Crippen molar-refractivity contribution in [1.82, 2.24) is 4.57 Å². The predicted molar refractivity (Wildman–Crippen MR) is 96.0 cm³/mol. The van der Waals surface area contributed by atoms with E-state index in [-0.39, 0.29) is 0 Å². The summed E-state index contributed by atoms with van der Waals surface area (Å²) in [4.78, 5) is 4.46. The molecule has 0 aliphatic rings. The van der Waals surface area contributed by atoms with Crippen LogP contribution in [0.3, 0.4) is 0 Å². The van der Waals surface area contributed by atoms with E-state index in [4.69, 9.17) is 27.9 Å². The molecule has 0 atom stereocenters. The number of aliphatic imine (C=N–C) groups is 1. The van der Waals surface area contributed by atoms with Gasteiger partial charge in [0, 0.05) is 11.9 Å². The number of rotatable bonds is 4. The topological polar surface area (TPSA) is 26.5 Å². The number of ether oxygens (including phenoxy) is 1. The van der Waals surface area contributed by atoms with E-state index in [2.05, 4.69) is 4.99 Å². The Bertz CT molecular complexity index is 838. The number of hydrogen-bond acceptors (Lipinski definition) is 2. The van der Waals surface area contributed by atoms with Crippen LogP contribution >= 0.6 is 23.2 Å². The average molecular weight is 345 g/mol. The first-order valence-electron chi connectivity index (χ1n) is 6.98. The summed E-state index contributed by atoms with van der Waals surface area (Å²) in [5.74, 6) is 0.826. The average Bonchev–Trinajstić information content (AvgIpc) is 3.04. The lowest BCUT2D eigenvalue weighted by Gasteiger charge is -2.07. The molecule has 0 amide bonds. The van der Waals surface area contributed by atoms with E-state index in [1.165, 1.54) is 0 Å². The second kappa shape index (κ2) is 6.90. The molecule has 0 bridgehead atoms. The molecule has 3 rings (SSSR count). The zero-order valence-electron chi connectivity index (χ0n) is 12.4. The number of hydrogen-bond donors (Lipinski definition) is 0. The third-order valence-corrected chi connectivity index (χ3v) is 4.12. The van der Waals surface area contributed by atoms with Gasteiger partial charge < -0.3 is 9.30 Å². The Labute approximate surface area is 144 Å². The summed E-state index contributed by atoms with van der Waals surface area (Å²) in [6.07, 6.45) is 3.78. The molecule has 0 aliphatic carbocycles. The lowest BCUT2D eigenvalue weighted by Crippen LogP contribution is -1.97. The normalized spacial score (nSPS) is 11.1. The molecule has 23 heavy (non-hydrogen) atoms. The Morgan fingerprint density at radius 2 is 1.78 bits per heavy atom. The smallest absolute Gasteiger partial charge is 0.119 e. The zero-order valence-corrected chi connectivity index (χ0v) is 13.9. The minimum absolute atomic E-state index is 0.492. The third kappa shape index (κ3) is 3.58. The first kappa shape index (κ1) is 15.7. The van der Waals surface area contributed by atoms with Crippen LogP contribution in [-0.2, 0) is 0 Å². The third-order valence-electron chi connectivity index (χ3n) is 3.38. The van der Waals surface area contributed by atoms with Gasteiger partial charge in [0.05, 0.1) is 34.8 Å². The first-order valence-corrected chi connectivity index (χ1v) is 7.74. The van der Waals surface area contributed by atoms with Crippen molar-refractivity contribution in [2.45, 2.75) is 0 Å². The molecule has 0 radical (unpaired) electrons. The van der Waals surface area contributed by atoms with Crippen molar-refractivity contribution < 1.29 is 4.74 Å². The van der Waals surface area contributed by atoms with Crippen molar-refractivity contribution in [2.75, 3.05) is 7.11 Å². The summed E-state index contributed by atoms with van der Waals surface area (Å²) in [5.41, 5.74) is 2.74. The van der Waals surface area contributed by atoms with Crippen molar-refractivity contribution in [2.24, 2.45) is 4.99 Å². The zero-order chi connectivity index (χ0) is 16.2. The van der Waals surface area contributed by atoms with Crippen LogP contribution in [0, 0.1) is 0 Å². The Kier molecular flexibility index (Phi) is 4.70. The van der Waals surface area contributed by atoms with Gasteiger partial charge in [-0.25, -0.2) is 0 Å². The molecule has 116 valence electrons. The van der Waals surface area contributed by atoms with Gasteiger partial charge in [0.15, 0.2) is 0 Å². The van der Waals surface area contributed by atoms with Gasteiger partial charge >= 0.3 is 0 Å². The van der Waals surface area contributed by atoms with Gasteiger partial charge in [-0.3, -0.25) is 4.99 Å². The van der Waals surface area contributed by atoms with Crippen molar-refractivity contribution in [3.05, 3.63) is 76.5 Å². The molecule has 3 aromatic rings. The number of halogens is 2. The molecule has 3 nitrogen and oxygen atoms in total. The van der Waals surface area contributed by atoms with E-state index < -0.39 is 0 Å². The van der Waals surface area contributed by atoms with E-state index in [0.717, 1.165) is 22.8 Å². The molecular weight excluding hydrogens is 331 g/mol. The summed E-state index contributed by atoms with van der Waals surface area (Å²) < 4.78 is 7.23. The minimum atomic E-state index is 0.492. The minimum Gasteiger partial charge on any atom is -0.497 e. The molecule has 0 fully saturated rings. The first-order chi connectivity index (χ1) is 11.2. The number of methoxy groups -OCH3 is 1. The van der Waals surface area contributed by atoms with Crippen LogP contribution in [0.5, 0.6) is 5.75 Å². The molecule has 0 unspecified atom stereocenters. The van der Waals surface area contributed by atoms with E-state index in [0.29, 0.717) is 10.0 Å². The van der Waals surface area contributed by atoms with Gasteiger partial charge in [0.25, 0.3) is 0 Å². The SMILES string of the molecule is COc1ccc(-n2cccc2C=Nc2ccc(Cl)c(Cl)c2)cc1. The highest BCUT2D eigenvalue weighted by Crippen LogP contribution is 2.26. The number of nitrogens with zero attached hydrogens (tertiary/aromatic N) is 2. The fourth-order valence-electron chi connectivity index (χ4n) is 2.18. The molecule has 2 aromatic carbocycles. The fourth-order valence-corrected chi connectivity index (χ4v) is 2.48. The lowest BCUT2D eigenvalue weighted by molar-refractivity contribution is 0.415. The number of aromatic nitrogens is 1. The highest BCUT2D eigenvalue weighted by atomic mass is 35.5. The van der Waals surface area contributed by atoms with Crippen molar-refractivity contribution in [1.29, 1.82) is 0 Å². The highest BCUT2D eigenvalue weighted by molar-refractivity contribution is 6.42. The maximum Gasteiger partial charge on any atom is 0.119 e. The van der Waals surface area contributed by atoms with Crippen LogP contribution < -0.4 is 4.74 Å². The van der Waals surface area contributed by atoms with Gasteiger partial charge in [-0.15, -0.1) is 0 Å². The van der Waals surface area contributed by atoms with Gasteiger partial charge in [-0.1, -0.05) is 23.2 Å². The van der Waals surface area contributed by atoms with Gasteiger partial charge in [-0.05, 0) is 54.6 Å². The maximum atomic E-state index is 6.01. The van der Waals surface area contributed by atoms with Crippen LogP contribution in [0.2, 0.25) is 10.0 Å². The Hall–Kier alpha value is -2.23. The molecule has 5 heteroatoms. The molecule has 0 N–H and O–H groups in total. The molecular formula is C18H14Cl2N2O. The Morgan fingerprint density at radius 1 is 1.00 bits per heavy atom. The fraction of sp³-hybridized carbons (Fsp3) is 0.0556.